The molecule has 0 radical (unpaired) electrons. The summed E-state index contributed by atoms with van der Waals surface area (Å²) in [5.74, 6) is 0.754. The van der Waals surface area contributed by atoms with E-state index in [4.69, 9.17) is 16.3 Å². The summed E-state index contributed by atoms with van der Waals surface area (Å²) in [5.41, 5.74) is 1.32. The molecule has 0 amide bonds. The lowest BCUT2D eigenvalue weighted by Gasteiger charge is -2.36. The normalized spacial score (nSPS) is 14.3. The average molecular weight is 653 g/mol. The van der Waals surface area contributed by atoms with Gasteiger partial charge in [0.25, 0.3) is 5.56 Å². The number of fused-ring (bicyclic) bond motifs is 2. The SMILES string of the molecule is Cc1csc2c(-c3cc(Cl)ccc3OCCn3c(C)nc4cc(C(F)(F)F)c(N5CCN(C)CC5)c(C#N)c4c3=O)ccnc12. The van der Waals surface area contributed by atoms with Crippen molar-refractivity contribution in [1.29, 1.82) is 5.26 Å². The van der Waals surface area contributed by atoms with Crippen molar-refractivity contribution in [2.45, 2.75) is 26.6 Å². The highest BCUT2D eigenvalue weighted by molar-refractivity contribution is 7.18. The summed E-state index contributed by atoms with van der Waals surface area (Å²) in [4.78, 5) is 26.3. The number of likely N-dealkylation sites (N-methyl/N-ethyl adjacent to an activating group) is 1. The van der Waals surface area contributed by atoms with Crippen molar-refractivity contribution in [3.8, 4) is 22.9 Å². The molecule has 1 aliphatic rings. The van der Waals surface area contributed by atoms with Crippen LogP contribution in [0.3, 0.4) is 0 Å². The highest BCUT2D eigenvalue weighted by atomic mass is 35.5. The van der Waals surface area contributed by atoms with Gasteiger partial charge in [-0.1, -0.05) is 11.6 Å². The minimum atomic E-state index is -4.74. The third-order valence-corrected chi connectivity index (χ3v) is 9.44. The van der Waals surface area contributed by atoms with E-state index in [1.54, 1.807) is 41.5 Å². The van der Waals surface area contributed by atoms with Crippen LogP contribution in [0, 0.1) is 25.2 Å². The molecule has 0 spiro atoms. The summed E-state index contributed by atoms with van der Waals surface area (Å²) < 4.78 is 51.5. The quantitative estimate of drug-likeness (QED) is 0.203. The summed E-state index contributed by atoms with van der Waals surface area (Å²) in [5, 5.41) is 12.6. The fourth-order valence-electron chi connectivity index (χ4n) is 5.78. The van der Waals surface area contributed by atoms with E-state index in [0.29, 0.717) is 37.0 Å². The largest absolute Gasteiger partial charge is 0.491 e. The molecular formula is C32H28ClF3N6O2S. The van der Waals surface area contributed by atoms with Crippen LogP contribution in [-0.4, -0.2) is 59.3 Å². The van der Waals surface area contributed by atoms with Crippen LogP contribution in [0.5, 0.6) is 5.75 Å². The number of ether oxygens (including phenoxy) is 1. The maximum absolute atomic E-state index is 14.3. The van der Waals surface area contributed by atoms with Crippen LogP contribution in [0.4, 0.5) is 18.9 Å². The van der Waals surface area contributed by atoms with Crippen molar-refractivity contribution < 1.29 is 17.9 Å². The predicted octanol–water partition coefficient (Wildman–Crippen LogP) is 6.66. The Labute approximate surface area is 265 Å². The van der Waals surface area contributed by atoms with Crippen molar-refractivity contribution in [2.75, 3.05) is 44.7 Å². The van der Waals surface area contributed by atoms with Gasteiger partial charge in [-0.3, -0.25) is 14.3 Å². The minimum absolute atomic E-state index is 0.0497. The van der Waals surface area contributed by atoms with Crippen LogP contribution < -0.4 is 15.2 Å². The Hall–Kier alpha value is -4.18. The Morgan fingerprint density at radius 3 is 2.58 bits per heavy atom. The molecule has 0 saturated carbocycles. The first kappa shape index (κ1) is 30.8. The zero-order valence-electron chi connectivity index (χ0n) is 24.7. The molecule has 8 nitrogen and oxygen atoms in total. The maximum Gasteiger partial charge on any atom is 0.418 e. The summed E-state index contributed by atoms with van der Waals surface area (Å²) >= 11 is 7.95. The van der Waals surface area contributed by atoms with E-state index in [9.17, 15) is 23.2 Å². The van der Waals surface area contributed by atoms with E-state index in [0.717, 1.165) is 33.0 Å². The lowest BCUT2D eigenvalue weighted by molar-refractivity contribution is -0.137. The number of thiophene rings is 1. The Morgan fingerprint density at radius 2 is 1.87 bits per heavy atom. The zero-order chi connectivity index (χ0) is 32.0. The third-order valence-electron chi connectivity index (χ3n) is 8.08. The fraction of sp³-hybridized carbons (Fsp3) is 0.312. The molecule has 6 rings (SSSR count). The van der Waals surface area contributed by atoms with Gasteiger partial charge in [0.1, 0.15) is 24.3 Å². The van der Waals surface area contributed by atoms with Crippen molar-refractivity contribution in [2.24, 2.45) is 0 Å². The van der Waals surface area contributed by atoms with E-state index >= 15 is 0 Å². The Kier molecular flexibility index (Phi) is 8.20. The molecule has 0 bridgehead atoms. The van der Waals surface area contributed by atoms with Crippen LogP contribution in [0.1, 0.15) is 22.5 Å². The van der Waals surface area contributed by atoms with Crippen LogP contribution in [-0.2, 0) is 12.7 Å². The second kappa shape index (κ2) is 12.0. The number of benzene rings is 2. The van der Waals surface area contributed by atoms with Crippen LogP contribution >= 0.6 is 22.9 Å². The molecule has 1 aliphatic heterocycles. The number of piperazine rings is 1. The molecule has 0 N–H and O–H groups in total. The molecule has 0 atom stereocenters. The van der Waals surface area contributed by atoms with Crippen molar-refractivity contribution in [3.05, 3.63) is 79.8 Å². The van der Waals surface area contributed by atoms with Crippen LogP contribution in [0.2, 0.25) is 5.02 Å². The Morgan fingerprint density at radius 1 is 1.11 bits per heavy atom. The number of halogens is 4. The first-order valence-corrected chi connectivity index (χ1v) is 15.5. The number of rotatable bonds is 6. The fourth-order valence-corrected chi connectivity index (χ4v) is 6.98. The van der Waals surface area contributed by atoms with Crippen LogP contribution in [0.25, 0.3) is 32.2 Å². The van der Waals surface area contributed by atoms with Gasteiger partial charge in [-0.2, -0.15) is 18.4 Å². The molecule has 2 aromatic carbocycles. The Bertz CT molecular complexity index is 2040. The van der Waals surface area contributed by atoms with E-state index in [1.165, 1.54) is 4.57 Å². The molecule has 5 aromatic rings. The molecular weight excluding hydrogens is 625 g/mol. The second-order valence-corrected chi connectivity index (χ2v) is 12.3. The zero-order valence-corrected chi connectivity index (χ0v) is 26.3. The molecule has 0 aliphatic carbocycles. The number of pyridine rings is 1. The molecule has 45 heavy (non-hydrogen) atoms. The van der Waals surface area contributed by atoms with Crippen molar-refractivity contribution >= 4 is 49.7 Å². The molecule has 232 valence electrons. The van der Waals surface area contributed by atoms with Crippen molar-refractivity contribution in [1.82, 2.24) is 19.4 Å². The molecule has 4 heterocycles. The van der Waals surface area contributed by atoms with E-state index in [1.807, 2.05) is 42.5 Å². The smallest absolute Gasteiger partial charge is 0.418 e. The standard InChI is InChI=1S/C32H28ClF3N6O2S/c1-18-17-45-30-21(6-7-38-28(18)30)22-14-20(33)4-5-26(22)44-13-12-42-19(2)39-25-15-24(32(34,35)36)29(23(16-37)27(25)31(42)43)41-10-8-40(3)9-11-41/h4-7,14-15,17H,8-13H2,1-3H3. The van der Waals surface area contributed by atoms with Gasteiger partial charge in [-0.25, -0.2) is 4.98 Å². The molecule has 1 fully saturated rings. The topological polar surface area (TPSA) is 87.3 Å². The van der Waals surface area contributed by atoms with Gasteiger partial charge in [0, 0.05) is 48.5 Å². The van der Waals surface area contributed by atoms with Gasteiger partial charge < -0.3 is 14.5 Å². The number of aromatic nitrogens is 3. The van der Waals surface area contributed by atoms with Crippen molar-refractivity contribution in [3.63, 3.8) is 0 Å². The number of anilines is 1. The van der Waals surface area contributed by atoms with E-state index in [-0.39, 0.29) is 41.1 Å². The van der Waals surface area contributed by atoms with E-state index < -0.39 is 17.3 Å². The highest BCUT2D eigenvalue weighted by Crippen LogP contribution is 2.42. The van der Waals surface area contributed by atoms with Gasteiger partial charge in [-0.15, -0.1) is 11.3 Å². The Balaban J connectivity index is 1.38. The summed E-state index contributed by atoms with van der Waals surface area (Å²) in [7, 11) is 1.88. The van der Waals surface area contributed by atoms with Crippen LogP contribution in [0.15, 0.2) is 46.7 Å². The lowest BCUT2D eigenvalue weighted by atomic mass is 10.00. The number of hydrogen-bond donors (Lipinski definition) is 0. The molecule has 0 unspecified atom stereocenters. The monoisotopic (exact) mass is 652 g/mol. The molecule has 3 aromatic heterocycles. The number of nitriles is 1. The summed E-state index contributed by atoms with van der Waals surface area (Å²) in [6.07, 6.45) is -3.01. The number of nitrogens with zero attached hydrogens (tertiary/aromatic N) is 6. The van der Waals surface area contributed by atoms with Gasteiger partial charge in [-0.05, 0) is 62.2 Å². The second-order valence-electron chi connectivity index (χ2n) is 11.0. The van der Waals surface area contributed by atoms with Gasteiger partial charge in [0.2, 0.25) is 0 Å². The van der Waals surface area contributed by atoms with Gasteiger partial charge in [0.05, 0.1) is 44.5 Å². The molecule has 13 heteroatoms. The number of aryl methyl sites for hydroxylation is 2. The first-order chi connectivity index (χ1) is 21.5. The lowest BCUT2D eigenvalue weighted by Crippen LogP contribution is -2.45. The first-order valence-electron chi connectivity index (χ1n) is 14.2. The number of alkyl halides is 3. The van der Waals surface area contributed by atoms with E-state index in [2.05, 4.69) is 9.97 Å². The summed E-state index contributed by atoms with van der Waals surface area (Å²) in [6, 6.07) is 9.99. The highest BCUT2D eigenvalue weighted by Gasteiger charge is 2.38. The average Bonchev–Trinajstić information content (AvgIpc) is 3.39. The maximum atomic E-state index is 14.3. The molecule has 1 saturated heterocycles. The summed E-state index contributed by atoms with van der Waals surface area (Å²) in [6.45, 7) is 5.28. The van der Waals surface area contributed by atoms with Gasteiger partial charge >= 0.3 is 6.18 Å². The predicted molar refractivity (Wildman–Crippen MR) is 170 cm³/mol. The third kappa shape index (κ3) is 5.72. The minimum Gasteiger partial charge on any atom is -0.491 e. The van der Waals surface area contributed by atoms with Gasteiger partial charge in [0.15, 0.2) is 0 Å². The number of hydrogen-bond acceptors (Lipinski definition) is 8.